The van der Waals surface area contributed by atoms with E-state index in [1.165, 1.54) is 0 Å². The van der Waals surface area contributed by atoms with Gasteiger partial charge in [-0.05, 0) is 44.0 Å². The molecule has 2 rings (SSSR count). The Morgan fingerprint density at radius 2 is 2.04 bits per heavy atom. The van der Waals surface area contributed by atoms with Crippen LogP contribution in [0.15, 0.2) is 40.9 Å². The molecule has 4 nitrogen and oxygen atoms in total. The summed E-state index contributed by atoms with van der Waals surface area (Å²) in [4.78, 5) is 17.1. The number of benzene rings is 1. The predicted octanol–water partition coefficient (Wildman–Crippen LogP) is 4.49. The number of hydrogen-bond donors (Lipinski definition) is 1. The van der Waals surface area contributed by atoms with E-state index in [1.54, 1.807) is 19.9 Å². The van der Waals surface area contributed by atoms with E-state index in [9.17, 15) is 10.1 Å². The lowest BCUT2D eigenvalue weighted by molar-refractivity contribution is 0.0907. The van der Waals surface area contributed by atoms with Crippen molar-refractivity contribution in [2.75, 3.05) is 0 Å². The fourth-order valence-electron chi connectivity index (χ4n) is 2.21. The Kier molecular flexibility index (Phi) is 5.40. The Hall–Kier alpha value is -2.19. The van der Waals surface area contributed by atoms with Gasteiger partial charge in [-0.1, -0.05) is 41.9 Å². The van der Waals surface area contributed by atoms with Gasteiger partial charge in [0.25, 0.3) is 5.91 Å². The van der Waals surface area contributed by atoms with Gasteiger partial charge in [0.15, 0.2) is 0 Å². The molecule has 24 heavy (non-hydrogen) atoms. The molecule has 124 valence electrons. The number of halogens is 1. The van der Waals surface area contributed by atoms with Gasteiger partial charge in [0.2, 0.25) is 0 Å². The predicted molar refractivity (Wildman–Crippen MR) is 98.4 cm³/mol. The van der Waals surface area contributed by atoms with Crippen LogP contribution in [0.4, 0.5) is 0 Å². The Balaban J connectivity index is 2.30. The summed E-state index contributed by atoms with van der Waals surface area (Å²) < 4.78 is 0.975. The first kappa shape index (κ1) is 18.2. The Morgan fingerprint density at radius 1 is 1.33 bits per heavy atom. The van der Waals surface area contributed by atoms with E-state index in [0.29, 0.717) is 11.3 Å². The normalized spacial score (nSPS) is 13.2. The van der Waals surface area contributed by atoms with Crippen LogP contribution in [0.25, 0.3) is 11.3 Å². The molecule has 0 radical (unpaired) electrons. The molecular weight excluding hydrogens is 366 g/mol. The Morgan fingerprint density at radius 3 is 2.58 bits per heavy atom. The van der Waals surface area contributed by atoms with E-state index >= 15 is 0 Å². The molecule has 1 heterocycles. The van der Waals surface area contributed by atoms with Crippen LogP contribution < -0.4 is 5.32 Å². The van der Waals surface area contributed by atoms with Crippen molar-refractivity contribution in [3.8, 4) is 17.3 Å². The quantitative estimate of drug-likeness (QED) is 0.842. The van der Waals surface area contributed by atoms with Crippen molar-refractivity contribution < 1.29 is 4.79 Å². The lowest BCUT2D eigenvalue weighted by Crippen LogP contribution is -2.49. The molecule has 1 atom stereocenters. The lowest BCUT2D eigenvalue weighted by atomic mass is 9.89. The largest absolute Gasteiger partial charge is 0.334 e. The highest BCUT2D eigenvalue weighted by Gasteiger charge is 2.30. The minimum atomic E-state index is -0.910. The number of nitrogens with zero attached hydrogens (tertiary/aromatic N) is 2. The highest BCUT2D eigenvalue weighted by Crippen LogP contribution is 2.23. The fraction of sp³-hybridized carbons (Fsp3) is 0.316. The van der Waals surface area contributed by atoms with Crippen molar-refractivity contribution in [3.05, 3.63) is 52.1 Å². The number of amides is 1. The summed E-state index contributed by atoms with van der Waals surface area (Å²) in [5, 5.41) is 12.2. The third kappa shape index (κ3) is 3.82. The Bertz CT molecular complexity index is 810. The zero-order valence-corrected chi connectivity index (χ0v) is 15.8. The molecule has 0 spiro atoms. The second-order valence-electron chi connectivity index (χ2n) is 6.26. The molecule has 1 aromatic heterocycles. The van der Waals surface area contributed by atoms with Gasteiger partial charge in [0, 0.05) is 10.0 Å². The number of rotatable bonds is 4. The average Bonchev–Trinajstić information content (AvgIpc) is 2.54. The van der Waals surface area contributed by atoms with Crippen LogP contribution in [0.5, 0.6) is 0 Å². The zero-order valence-electron chi connectivity index (χ0n) is 14.2. The lowest BCUT2D eigenvalue weighted by Gasteiger charge is -2.27. The minimum Gasteiger partial charge on any atom is -0.334 e. The first-order chi connectivity index (χ1) is 11.3. The van der Waals surface area contributed by atoms with Gasteiger partial charge in [-0.2, -0.15) is 5.26 Å². The maximum Gasteiger partial charge on any atom is 0.254 e. The van der Waals surface area contributed by atoms with Gasteiger partial charge in [-0.25, -0.2) is 0 Å². The minimum absolute atomic E-state index is 0.000609. The first-order valence-electron chi connectivity index (χ1n) is 7.74. The van der Waals surface area contributed by atoms with E-state index in [-0.39, 0.29) is 11.8 Å². The highest BCUT2D eigenvalue weighted by atomic mass is 79.9. The third-order valence-electron chi connectivity index (χ3n) is 4.21. The molecule has 5 heteroatoms. The van der Waals surface area contributed by atoms with Crippen molar-refractivity contribution in [1.29, 1.82) is 5.26 Å². The number of aromatic nitrogens is 1. The molecule has 2 aromatic rings. The van der Waals surface area contributed by atoms with Crippen LogP contribution in [0.3, 0.4) is 0 Å². The fourth-order valence-corrected chi connectivity index (χ4v) is 2.61. The maximum atomic E-state index is 12.5. The summed E-state index contributed by atoms with van der Waals surface area (Å²) >= 11 is 3.45. The monoisotopic (exact) mass is 385 g/mol. The van der Waals surface area contributed by atoms with Gasteiger partial charge in [-0.15, -0.1) is 0 Å². The zero-order chi connectivity index (χ0) is 17.9. The third-order valence-corrected chi connectivity index (χ3v) is 4.70. The summed E-state index contributed by atoms with van der Waals surface area (Å²) in [5.74, 6) is -0.279. The van der Waals surface area contributed by atoms with Crippen molar-refractivity contribution >= 4 is 21.8 Å². The number of hydrogen-bond acceptors (Lipinski definition) is 3. The van der Waals surface area contributed by atoms with Crippen molar-refractivity contribution in [2.24, 2.45) is 5.92 Å². The molecule has 0 aliphatic carbocycles. The molecule has 0 aliphatic heterocycles. The maximum absolute atomic E-state index is 12.5. The van der Waals surface area contributed by atoms with Crippen LogP contribution in [-0.2, 0) is 0 Å². The molecule has 1 unspecified atom stereocenters. The standard InChI is InChI=1S/C19H20BrN3O/c1-12(2)19(4,11-21)23-18(24)16-8-9-17(22-13(16)3)14-6-5-7-15(20)10-14/h5-10,12H,1-4H3,(H,23,24). The van der Waals surface area contributed by atoms with Crippen LogP contribution in [0.1, 0.15) is 36.8 Å². The van der Waals surface area contributed by atoms with Gasteiger partial charge < -0.3 is 5.32 Å². The van der Waals surface area contributed by atoms with Crippen LogP contribution >= 0.6 is 15.9 Å². The van der Waals surface area contributed by atoms with Gasteiger partial charge >= 0.3 is 0 Å². The van der Waals surface area contributed by atoms with Gasteiger partial charge in [0.05, 0.1) is 23.0 Å². The summed E-state index contributed by atoms with van der Waals surface area (Å²) in [6.07, 6.45) is 0. The molecule has 1 N–H and O–H groups in total. The molecule has 0 saturated carbocycles. The van der Waals surface area contributed by atoms with Crippen molar-refractivity contribution in [1.82, 2.24) is 10.3 Å². The SMILES string of the molecule is Cc1nc(-c2cccc(Br)c2)ccc1C(=O)NC(C)(C#N)C(C)C. The van der Waals surface area contributed by atoms with E-state index < -0.39 is 5.54 Å². The van der Waals surface area contributed by atoms with Gasteiger partial charge in [-0.3, -0.25) is 9.78 Å². The number of nitrogens with one attached hydrogen (secondary N) is 1. The average molecular weight is 386 g/mol. The molecule has 0 saturated heterocycles. The van der Waals surface area contributed by atoms with Crippen molar-refractivity contribution in [2.45, 2.75) is 33.2 Å². The van der Waals surface area contributed by atoms with Gasteiger partial charge in [0.1, 0.15) is 5.54 Å². The van der Waals surface area contributed by atoms with E-state index in [1.807, 2.05) is 44.2 Å². The molecular formula is C19H20BrN3O. The first-order valence-corrected chi connectivity index (χ1v) is 8.53. The second-order valence-corrected chi connectivity index (χ2v) is 7.18. The summed E-state index contributed by atoms with van der Waals surface area (Å²) in [6, 6.07) is 13.6. The smallest absolute Gasteiger partial charge is 0.254 e. The summed E-state index contributed by atoms with van der Waals surface area (Å²) in [7, 11) is 0. The second kappa shape index (κ2) is 7.14. The number of carbonyl (C=O) groups excluding carboxylic acids is 1. The molecule has 0 aliphatic rings. The van der Waals surface area contributed by atoms with Crippen LogP contribution in [0, 0.1) is 24.2 Å². The van der Waals surface area contributed by atoms with Crippen LogP contribution in [-0.4, -0.2) is 16.4 Å². The molecule has 0 bridgehead atoms. The molecule has 1 amide bonds. The van der Waals surface area contributed by atoms with E-state index in [0.717, 1.165) is 15.7 Å². The molecule has 0 fully saturated rings. The number of aryl methyl sites for hydroxylation is 1. The highest BCUT2D eigenvalue weighted by molar-refractivity contribution is 9.10. The topological polar surface area (TPSA) is 65.8 Å². The number of nitriles is 1. The Labute approximate surface area is 151 Å². The summed E-state index contributed by atoms with van der Waals surface area (Å²) in [5.41, 5.74) is 1.98. The van der Waals surface area contributed by atoms with Crippen molar-refractivity contribution in [3.63, 3.8) is 0 Å². The molecule has 1 aromatic carbocycles. The van der Waals surface area contributed by atoms with Crippen LogP contribution in [0.2, 0.25) is 0 Å². The summed E-state index contributed by atoms with van der Waals surface area (Å²) in [6.45, 7) is 7.35. The van der Waals surface area contributed by atoms with E-state index in [2.05, 4.69) is 32.3 Å². The van der Waals surface area contributed by atoms with E-state index in [4.69, 9.17) is 0 Å². The number of pyridine rings is 1. The number of carbonyl (C=O) groups is 1.